The van der Waals surface area contributed by atoms with Crippen LogP contribution in [0.5, 0.6) is 0 Å². The lowest BCUT2D eigenvalue weighted by molar-refractivity contribution is -0.384. The molecule has 0 amide bonds. The Labute approximate surface area is 108 Å². The van der Waals surface area contributed by atoms with Crippen molar-refractivity contribution < 1.29 is 4.92 Å². The number of nitro groups is 1. The topological polar surface area (TPSA) is 121 Å². The number of nitro benzene ring substituents is 1. The molecule has 0 aliphatic carbocycles. The number of nitriles is 1. The summed E-state index contributed by atoms with van der Waals surface area (Å²) >= 11 is 0. The van der Waals surface area contributed by atoms with Gasteiger partial charge in [0.05, 0.1) is 16.6 Å². The van der Waals surface area contributed by atoms with Gasteiger partial charge >= 0.3 is 0 Å². The number of anilines is 1. The second-order valence-corrected chi connectivity index (χ2v) is 3.71. The van der Waals surface area contributed by atoms with Crippen LogP contribution in [0.3, 0.4) is 0 Å². The van der Waals surface area contributed by atoms with Crippen LogP contribution < -0.4 is 5.32 Å². The summed E-state index contributed by atoms with van der Waals surface area (Å²) in [6, 6.07) is 6.18. The number of nitrogens with zero attached hydrogens (tertiary/aromatic N) is 4. The van der Waals surface area contributed by atoms with E-state index in [9.17, 15) is 10.1 Å². The van der Waals surface area contributed by atoms with Crippen LogP contribution in [-0.2, 0) is 6.42 Å². The van der Waals surface area contributed by atoms with Crippen LogP contribution in [0.2, 0.25) is 0 Å². The zero-order valence-electron chi connectivity index (χ0n) is 9.83. The Bertz CT molecular complexity index is 617. The highest BCUT2D eigenvalue weighted by Gasteiger charge is 2.14. The molecule has 0 saturated carbocycles. The molecule has 0 fully saturated rings. The van der Waals surface area contributed by atoms with Gasteiger partial charge in [0.1, 0.15) is 17.8 Å². The Morgan fingerprint density at radius 1 is 1.53 bits per heavy atom. The summed E-state index contributed by atoms with van der Waals surface area (Å²) in [4.78, 5) is 14.3. The number of nitrogens with one attached hydrogen (secondary N) is 2. The molecule has 96 valence electrons. The van der Waals surface area contributed by atoms with E-state index < -0.39 is 4.92 Å². The van der Waals surface area contributed by atoms with E-state index in [0.717, 1.165) is 0 Å². The minimum absolute atomic E-state index is 0.114. The molecule has 0 unspecified atom stereocenters. The van der Waals surface area contributed by atoms with Crippen molar-refractivity contribution in [3.05, 3.63) is 46.0 Å². The van der Waals surface area contributed by atoms with E-state index in [1.165, 1.54) is 24.5 Å². The molecule has 1 aromatic heterocycles. The van der Waals surface area contributed by atoms with Gasteiger partial charge in [-0.1, -0.05) is 0 Å². The second-order valence-electron chi connectivity index (χ2n) is 3.71. The molecule has 19 heavy (non-hydrogen) atoms. The summed E-state index contributed by atoms with van der Waals surface area (Å²) < 4.78 is 0. The van der Waals surface area contributed by atoms with Gasteiger partial charge < -0.3 is 5.32 Å². The van der Waals surface area contributed by atoms with E-state index in [-0.39, 0.29) is 11.3 Å². The molecule has 1 aromatic carbocycles. The molecule has 0 aliphatic rings. The number of hydrogen-bond donors (Lipinski definition) is 2. The Balaban J connectivity index is 2.07. The Morgan fingerprint density at radius 3 is 3.00 bits per heavy atom. The van der Waals surface area contributed by atoms with Gasteiger partial charge in [0.2, 0.25) is 0 Å². The average molecular weight is 258 g/mol. The van der Waals surface area contributed by atoms with Gasteiger partial charge in [-0.3, -0.25) is 15.2 Å². The van der Waals surface area contributed by atoms with Gasteiger partial charge in [0.25, 0.3) is 5.69 Å². The van der Waals surface area contributed by atoms with Crippen molar-refractivity contribution in [2.24, 2.45) is 0 Å². The molecular weight excluding hydrogens is 248 g/mol. The SMILES string of the molecule is N#Cc1ccc(NCCc2ncn[nH]2)c([N+](=O)[O-])c1. The molecule has 0 atom stereocenters. The third-order valence-corrected chi connectivity index (χ3v) is 2.47. The van der Waals surface area contributed by atoms with Crippen LogP contribution >= 0.6 is 0 Å². The number of aromatic nitrogens is 3. The first-order valence-electron chi connectivity index (χ1n) is 5.47. The van der Waals surface area contributed by atoms with Crippen LogP contribution in [0, 0.1) is 21.4 Å². The largest absolute Gasteiger partial charge is 0.379 e. The molecule has 0 spiro atoms. The number of H-pyrrole nitrogens is 1. The van der Waals surface area contributed by atoms with Gasteiger partial charge in [-0.15, -0.1) is 0 Å². The van der Waals surface area contributed by atoms with E-state index in [0.29, 0.717) is 24.5 Å². The summed E-state index contributed by atoms with van der Waals surface area (Å²) in [5.74, 6) is 0.698. The highest BCUT2D eigenvalue weighted by molar-refractivity contribution is 5.64. The van der Waals surface area contributed by atoms with E-state index in [1.54, 1.807) is 0 Å². The first kappa shape index (κ1) is 12.5. The minimum Gasteiger partial charge on any atom is -0.379 e. The molecule has 8 heteroatoms. The van der Waals surface area contributed by atoms with E-state index >= 15 is 0 Å². The number of aromatic amines is 1. The van der Waals surface area contributed by atoms with Crippen molar-refractivity contribution in [1.82, 2.24) is 15.2 Å². The van der Waals surface area contributed by atoms with Crippen molar-refractivity contribution in [2.45, 2.75) is 6.42 Å². The lowest BCUT2D eigenvalue weighted by Crippen LogP contribution is -2.08. The van der Waals surface area contributed by atoms with Crippen LogP contribution in [0.1, 0.15) is 11.4 Å². The molecule has 8 nitrogen and oxygen atoms in total. The predicted octanol–water partition coefficient (Wildman–Crippen LogP) is 1.24. The van der Waals surface area contributed by atoms with Gasteiger partial charge in [-0.2, -0.15) is 10.4 Å². The monoisotopic (exact) mass is 258 g/mol. The molecule has 0 radical (unpaired) electrons. The van der Waals surface area contributed by atoms with Gasteiger partial charge in [-0.05, 0) is 12.1 Å². The average Bonchev–Trinajstić information content (AvgIpc) is 2.92. The predicted molar refractivity (Wildman–Crippen MR) is 66.4 cm³/mol. The lowest BCUT2D eigenvalue weighted by Gasteiger charge is -2.06. The molecule has 2 N–H and O–H groups in total. The molecule has 2 aromatic rings. The number of benzene rings is 1. The van der Waals surface area contributed by atoms with Crippen LogP contribution in [0.4, 0.5) is 11.4 Å². The van der Waals surface area contributed by atoms with Crippen LogP contribution in [0.15, 0.2) is 24.5 Å². The van der Waals surface area contributed by atoms with Crippen molar-refractivity contribution in [2.75, 3.05) is 11.9 Å². The maximum absolute atomic E-state index is 10.9. The fourth-order valence-electron chi connectivity index (χ4n) is 1.57. The zero-order valence-corrected chi connectivity index (χ0v) is 9.83. The minimum atomic E-state index is -0.516. The first-order valence-corrected chi connectivity index (χ1v) is 5.47. The van der Waals surface area contributed by atoms with E-state index in [1.807, 2.05) is 6.07 Å². The summed E-state index contributed by atoms with van der Waals surface area (Å²) in [7, 11) is 0. The highest BCUT2D eigenvalue weighted by atomic mass is 16.6. The molecule has 0 aliphatic heterocycles. The summed E-state index contributed by atoms with van der Waals surface area (Å²) in [6.45, 7) is 0.474. The fraction of sp³-hybridized carbons (Fsp3) is 0.182. The van der Waals surface area contributed by atoms with E-state index in [4.69, 9.17) is 5.26 Å². The zero-order chi connectivity index (χ0) is 13.7. The lowest BCUT2D eigenvalue weighted by atomic mass is 10.2. The highest BCUT2D eigenvalue weighted by Crippen LogP contribution is 2.25. The van der Waals surface area contributed by atoms with Crippen LogP contribution in [0.25, 0.3) is 0 Å². The third-order valence-electron chi connectivity index (χ3n) is 2.47. The molecular formula is C11H10N6O2. The molecule has 0 saturated heterocycles. The Kier molecular flexibility index (Phi) is 3.68. The number of rotatable bonds is 5. The summed E-state index contributed by atoms with van der Waals surface area (Å²) in [5.41, 5.74) is 0.521. The fourth-order valence-corrected chi connectivity index (χ4v) is 1.57. The first-order chi connectivity index (χ1) is 9.20. The van der Waals surface area contributed by atoms with Gasteiger partial charge in [0, 0.05) is 19.0 Å². The third kappa shape index (κ3) is 3.04. The van der Waals surface area contributed by atoms with Gasteiger partial charge in [0.15, 0.2) is 0 Å². The number of hydrogen-bond acceptors (Lipinski definition) is 6. The smallest absolute Gasteiger partial charge is 0.293 e. The maximum Gasteiger partial charge on any atom is 0.293 e. The molecule has 1 heterocycles. The van der Waals surface area contributed by atoms with Crippen molar-refractivity contribution in [1.29, 1.82) is 5.26 Å². The quantitative estimate of drug-likeness (QED) is 0.614. The summed E-state index contributed by atoms with van der Waals surface area (Å²) in [6.07, 6.45) is 1.97. The molecule has 2 rings (SSSR count). The maximum atomic E-state index is 10.9. The normalized spacial score (nSPS) is 9.84. The summed E-state index contributed by atoms with van der Waals surface area (Å²) in [5, 5.41) is 29.0. The second kappa shape index (κ2) is 5.59. The van der Waals surface area contributed by atoms with Gasteiger partial charge in [-0.25, -0.2) is 4.98 Å². The van der Waals surface area contributed by atoms with Crippen molar-refractivity contribution in [3.8, 4) is 6.07 Å². The van der Waals surface area contributed by atoms with Crippen molar-refractivity contribution >= 4 is 11.4 Å². The van der Waals surface area contributed by atoms with Crippen molar-refractivity contribution in [3.63, 3.8) is 0 Å². The Morgan fingerprint density at radius 2 is 2.37 bits per heavy atom. The van der Waals surface area contributed by atoms with Crippen LogP contribution in [-0.4, -0.2) is 26.6 Å². The molecule has 0 bridgehead atoms. The van der Waals surface area contributed by atoms with E-state index in [2.05, 4.69) is 20.5 Å². The standard InChI is InChI=1S/C11H10N6O2/c12-6-8-1-2-9(10(5-8)17(18)19)13-4-3-11-14-7-15-16-11/h1-2,5,7,13H,3-4H2,(H,14,15,16). The Hall–Kier alpha value is -2.95.